The second-order valence-electron chi connectivity index (χ2n) is 10.5. The number of carbonyl (C=O) groups excluding carboxylic acids is 2. The molecule has 3 fully saturated rings. The van der Waals surface area contributed by atoms with Crippen molar-refractivity contribution in [3.8, 4) is 0 Å². The Bertz CT molecular complexity index is 1080. The van der Waals surface area contributed by atoms with Gasteiger partial charge in [0.25, 0.3) is 0 Å². The molecule has 0 amide bonds. The molecule has 3 saturated carbocycles. The van der Waals surface area contributed by atoms with Crippen LogP contribution in [0.15, 0.2) is 36.4 Å². The van der Waals surface area contributed by atoms with Crippen molar-refractivity contribution >= 4 is 21.2 Å². The van der Waals surface area contributed by atoms with E-state index >= 15 is 0 Å². The number of fused-ring (bicyclic) bond motifs is 3. The van der Waals surface area contributed by atoms with Gasteiger partial charge in [-0.05, 0) is 106 Å². The first-order chi connectivity index (χ1) is 15.6. The fourth-order valence-corrected chi connectivity index (χ4v) is 6.03. The number of hydrogen-bond acceptors (Lipinski definition) is 4. The lowest BCUT2D eigenvalue weighted by atomic mass is 9.52. The molecule has 0 spiro atoms. The molecule has 5 heteroatoms. The van der Waals surface area contributed by atoms with Crippen molar-refractivity contribution in [2.24, 2.45) is 10.8 Å². The van der Waals surface area contributed by atoms with Crippen LogP contribution >= 0.6 is 9.24 Å². The molecule has 3 aliphatic carbocycles. The smallest absolute Gasteiger partial charge is 0.338 e. The lowest BCUT2D eigenvalue weighted by Gasteiger charge is -2.59. The summed E-state index contributed by atoms with van der Waals surface area (Å²) in [6.07, 6.45) is 3.74. The van der Waals surface area contributed by atoms with E-state index in [1.54, 1.807) is 0 Å². The Kier molecular flexibility index (Phi) is 6.44. The van der Waals surface area contributed by atoms with Crippen LogP contribution in [-0.4, -0.2) is 30.3 Å². The van der Waals surface area contributed by atoms with Crippen LogP contribution < -0.4 is 0 Å². The molecule has 0 saturated heterocycles. The van der Waals surface area contributed by atoms with Gasteiger partial charge in [-0.15, -0.1) is 9.24 Å². The molecular formula is C28H35O4P. The van der Waals surface area contributed by atoms with Crippen molar-refractivity contribution in [3.63, 3.8) is 0 Å². The van der Waals surface area contributed by atoms with Gasteiger partial charge in [0.2, 0.25) is 0 Å². The first kappa shape index (κ1) is 24.0. The molecule has 0 aliphatic heterocycles. The van der Waals surface area contributed by atoms with Gasteiger partial charge in [0.05, 0.1) is 11.1 Å². The first-order valence-corrected chi connectivity index (χ1v) is 12.7. The Labute approximate surface area is 199 Å². The minimum Gasteiger partial charge on any atom is -0.454 e. The molecule has 0 aromatic heterocycles. The van der Waals surface area contributed by atoms with Crippen molar-refractivity contribution in [1.82, 2.24) is 0 Å². The highest BCUT2D eigenvalue weighted by atomic mass is 31.0. The highest BCUT2D eigenvalue weighted by molar-refractivity contribution is 7.16. The van der Waals surface area contributed by atoms with Gasteiger partial charge in [-0.1, -0.05) is 19.1 Å². The Morgan fingerprint density at radius 2 is 1.24 bits per heavy atom. The summed E-state index contributed by atoms with van der Waals surface area (Å²) in [5.74, 6) is -0.688. The number of aryl methyl sites for hydroxylation is 4. The molecule has 2 bridgehead atoms. The third-order valence-corrected chi connectivity index (χ3v) is 9.13. The van der Waals surface area contributed by atoms with Crippen LogP contribution in [0.5, 0.6) is 0 Å². The van der Waals surface area contributed by atoms with Crippen LogP contribution in [0.3, 0.4) is 0 Å². The largest absolute Gasteiger partial charge is 0.454 e. The second-order valence-corrected chi connectivity index (χ2v) is 10.9. The van der Waals surface area contributed by atoms with Gasteiger partial charge in [-0.3, -0.25) is 0 Å². The van der Waals surface area contributed by atoms with Gasteiger partial charge in [0.15, 0.2) is 0 Å². The van der Waals surface area contributed by atoms with Crippen LogP contribution in [0.1, 0.15) is 75.6 Å². The monoisotopic (exact) mass is 466 g/mol. The summed E-state index contributed by atoms with van der Waals surface area (Å²) in [6.45, 7) is 10.2. The van der Waals surface area contributed by atoms with Crippen LogP contribution in [0.25, 0.3) is 0 Å². The Hall–Kier alpha value is -2.19. The Morgan fingerprint density at radius 3 is 1.67 bits per heavy atom. The molecule has 176 valence electrons. The zero-order valence-electron chi connectivity index (χ0n) is 20.4. The third kappa shape index (κ3) is 4.35. The molecule has 3 atom stereocenters. The number of esters is 2. The lowest BCUT2D eigenvalue weighted by molar-refractivity contribution is -0.190. The van der Waals surface area contributed by atoms with E-state index in [1.165, 1.54) is 0 Å². The average molecular weight is 467 g/mol. The summed E-state index contributed by atoms with van der Waals surface area (Å²) >= 11 is 0. The van der Waals surface area contributed by atoms with Gasteiger partial charge in [-0.25, -0.2) is 9.59 Å². The highest BCUT2D eigenvalue weighted by Gasteiger charge is 2.61. The summed E-state index contributed by atoms with van der Waals surface area (Å²) in [7, 11) is 2.85. The minimum absolute atomic E-state index is 0.189. The lowest BCUT2D eigenvalue weighted by Crippen LogP contribution is -2.63. The number of rotatable bonds is 5. The van der Waals surface area contributed by atoms with Gasteiger partial charge in [-0.2, -0.15) is 0 Å². The highest BCUT2D eigenvalue weighted by Crippen LogP contribution is 2.59. The van der Waals surface area contributed by atoms with Crippen molar-refractivity contribution in [2.45, 2.75) is 72.5 Å². The molecular weight excluding hydrogens is 431 g/mol. The molecule has 5 rings (SSSR count). The number of benzene rings is 2. The van der Waals surface area contributed by atoms with E-state index in [0.717, 1.165) is 54.1 Å². The molecule has 0 radical (unpaired) electrons. The van der Waals surface area contributed by atoms with Gasteiger partial charge >= 0.3 is 11.9 Å². The molecule has 2 aromatic carbocycles. The minimum atomic E-state index is -0.467. The van der Waals surface area contributed by atoms with E-state index in [4.69, 9.17) is 9.47 Å². The molecule has 33 heavy (non-hydrogen) atoms. The SMILES string of the molecule is Cc1ccc(C(=O)OC2C(OC(=O)c3ccc(C)c(C)c3)C3(CP)CCC2(C)CC3)cc1C. The standard InChI is InChI=1S/C28H35O4P/c1-17-6-8-21(14-19(17)3)25(29)31-23-24(28(16-33)12-10-27(23,5)11-13-28)32-26(30)22-9-7-18(2)20(4)15-22/h6-9,14-15,23-24H,10-13,16,33H2,1-5H3. The van der Waals surface area contributed by atoms with E-state index in [1.807, 2.05) is 64.1 Å². The fourth-order valence-electron chi connectivity index (χ4n) is 5.39. The van der Waals surface area contributed by atoms with E-state index in [-0.39, 0.29) is 22.8 Å². The molecule has 0 heterocycles. The summed E-state index contributed by atoms with van der Waals surface area (Å²) < 4.78 is 12.4. The summed E-state index contributed by atoms with van der Waals surface area (Å²) in [5.41, 5.74) is 5.08. The number of carbonyl (C=O) groups is 2. The molecule has 3 aliphatic rings. The quantitative estimate of drug-likeness (QED) is 0.393. The van der Waals surface area contributed by atoms with E-state index in [0.29, 0.717) is 11.1 Å². The fraction of sp³-hybridized carbons (Fsp3) is 0.500. The zero-order valence-corrected chi connectivity index (χ0v) is 21.5. The molecule has 0 N–H and O–H groups in total. The van der Waals surface area contributed by atoms with Gasteiger partial charge < -0.3 is 9.47 Å². The Morgan fingerprint density at radius 1 is 0.788 bits per heavy atom. The maximum absolute atomic E-state index is 13.2. The predicted molar refractivity (Wildman–Crippen MR) is 134 cm³/mol. The third-order valence-electron chi connectivity index (χ3n) is 8.31. The van der Waals surface area contributed by atoms with E-state index in [2.05, 4.69) is 16.2 Å². The number of hydrogen-bond donors (Lipinski definition) is 0. The van der Waals surface area contributed by atoms with Gasteiger partial charge in [0, 0.05) is 10.8 Å². The maximum Gasteiger partial charge on any atom is 0.338 e. The van der Waals surface area contributed by atoms with Crippen LogP contribution in [0.2, 0.25) is 0 Å². The van der Waals surface area contributed by atoms with E-state index in [9.17, 15) is 9.59 Å². The van der Waals surface area contributed by atoms with Crippen LogP contribution in [0.4, 0.5) is 0 Å². The van der Waals surface area contributed by atoms with Gasteiger partial charge in [0.1, 0.15) is 12.2 Å². The van der Waals surface area contributed by atoms with Crippen molar-refractivity contribution in [3.05, 3.63) is 69.8 Å². The van der Waals surface area contributed by atoms with Crippen molar-refractivity contribution in [1.29, 1.82) is 0 Å². The van der Waals surface area contributed by atoms with Crippen molar-refractivity contribution < 1.29 is 19.1 Å². The average Bonchev–Trinajstić information content (AvgIpc) is 2.79. The molecule has 4 nitrogen and oxygen atoms in total. The Balaban J connectivity index is 1.65. The number of ether oxygens (including phenoxy) is 2. The normalized spacial score (nSPS) is 28.4. The van der Waals surface area contributed by atoms with E-state index < -0.39 is 12.2 Å². The maximum atomic E-state index is 13.2. The summed E-state index contributed by atoms with van der Waals surface area (Å²) in [6, 6.07) is 11.3. The zero-order chi connectivity index (χ0) is 24.0. The first-order valence-electron chi connectivity index (χ1n) is 11.9. The van der Waals surface area contributed by atoms with Crippen molar-refractivity contribution in [2.75, 3.05) is 6.16 Å². The second kappa shape index (κ2) is 8.87. The predicted octanol–water partition coefficient (Wildman–Crippen LogP) is 6.13. The summed E-state index contributed by atoms with van der Waals surface area (Å²) in [4.78, 5) is 26.4. The molecule has 2 aromatic rings. The topological polar surface area (TPSA) is 52.6 Å². The molecule has 3 unspecified atom stereocenters. The summed E-state index contributed by atoms with van der Waals surface area (Å²) in [5, 5.41) is 0. The van der Waals surface area contributed by atoms with Crippen LogP contribution in [0, 0.1) is 38.5 Å². The van der Waals surface area contributed by atoms with Crippen LogP contribution in [-0.2, 0) is 9.47 Å².